The van der Waals surface area contributed by atoms with Crippen molar-refractivity contribution in [1.29, 1.82) is 0 Å². The SMILES string of the molecule is CCCCC(C)NC(=O)N1CCC(C)(C(=O)O)CC1. The zero-order chi connectivity index (χ0) is 14.5. The molecule has 1 saturated heterocycles. The van der Waals surface area contributed by atoms with Crippen molar-refractivity contribution in [3.8, 4) is 0 Å². The molecule has 1 unspecified atom stereocenters. The van der Waals surface area contributed by atoms with Gasteiger partial charge in [-0.1, -0.05) is 19.8 Å². The number of piperidine rings is 1. The summed E-state index contributed by atoms with van der Waals surface area (Å²) in [4.78, 5) is 24.9. The van der Waals surface area contributed by atoms with Crippen LogP contribution in [0.4, 0.5) is 4.79 Å². The molecule has 5 heteroatoms. The van der Waals surface area contributed by atoms with Gasteiger partial charge in [0.1, 0.15) is 0 Å². The molecular weight excluding hydrogens is 244 g/mol. The van der Waals surface area contributed by atoms with Crippen molar-refractivity contribution in [2.75, 3.05) is 13.1 Å². The van der Waals surface area contributed by atoms with Crippen LogP contribution in [0.3, 0.4) is 0 Å². The van der Waals surface area contributed by atoms with Gasteiger partial charge in [-0.15, -0.1) is 0 Å². The number of rotatable bonds is 5. The van der Waals surface area contributed by atoms with Crippen molar-refractivity contribution in [1.82, 2.24) is 10.2 Å². The first-order valence-corrected chi connectivity index (χ1v) is 7.18. The van der Waals surface area contributed by atoms with E-state index in [-0.39, 0.29) is 12.1 Å². The highest BCUT2D eigenvalue weighted by atomic mass is 16.4. The lowest BCUT2D eigenvalue weighted by molar-refractivity contribution is -0.150. The Bertz CT molecular complexity index is 323. The summed E-state index contributed by atoms with van der Waals surface area (Å²) in [5.41, 5.74) is -0.676. The number of carbonyl (C=O) groups excluding carboxylic acids is 1. The molecule has 0 radical (unpaired) electrons. The van der Waals surface area contributed by atoms with Crippen molar-refractivity contribution in [3.63, 3.8) is 0 Å². The van der Waals surface area contributed by atoms with Gasteiger partial charge < -0.3 is 15.3 Å². The fraction of sp³-hybridized carbons (Fsp3) is 0.857. The molecule has 0 spiro atoms. The van der Waals surface area contributed by atoms with Crippen molar-refractivity contribution >= 4 is 12.0 Å². The number of nitrogens with zero attached hydrogens (tertiary/aromatic N) is 1. The maximum absolute atomic E-state index is 12.0. The lowest BCUT2D eigenvalue weighted by Crippen LogP contribution is -2.50. The summed E-state index contributed by atoms with van der Waals surface area (Å²) in [5, 5.41) is 12.1. The number of unbranched alkanes of at least 4 members (excludes halogenated alkanes) is 1. The summed E-state index contributed by atoms with van der Waals surface area (Å²) < 4.78 is 0. The van der Waals surface area contributed by atoms with Crippen LogP contribution in [0.25, 0.3) is 0 Å². The van der Waals surface area contributed by atoms with Crippen LogP contribution in [0.1, 0.15) is 52.9 Å². The summed E-state index contributed by atoms with van der Waals surface area (Å²) >= 11 is 0. The van der Waals surface area contributed by atoms with Gasteiger partial charge >= 0.3 is 12.0 Å². The molecule has 0 aromatic carbocycles. The highest BCUT2D eigenvalue weighted by molar-refractivity contribution is 5.77. The number of hydrogen-bond donors (Lipinski definition) is 2. The van der Waals surface area contributed by atoms with Crippen molar-refractivity contribution in [2.45, 2.75) is 58.9 Å². The maximum atomic E-state index is 12.0. The summed E-state index contributed by atoms with van der Waals surface area (Å²) in [6, 6.07) is 0.122. The second kappa shape index (κ2) is 6.78. The first kappa shape index (κ1) is 15.8. The van der Waals surface area contributed by atoms with Gasteiger partial charge in [0.15, 0.2) is 0 Å². The van der Waals surface area contributed by atoms with Crippen LogP contribution in [0.15, 0.2) is 0 Å². The summed E-state index contributed by atoms with van der Waals surface area (Å²) in [7, 11) is 0. The zero-order valence-electron chi connectivity index (χ0n) is 12.2. The van der Waals surface area contributed by atoms with Gasteiger partial charge in [-0.25, -0.2) is 4.79 Å². The topological polar surface area (TPSA) is 69.6 Å². The van der Waals surface area contributed by atoms with E-state index in [0.29, 0.717) is 25.9 Å². The number of nitrogens with one attached hydrogen (secondary N) is 1. The van der Waals surface area contributed by atoms with Gasteiger partial charge in [0.2, 0.25) is 0 Å². The summed E-state index contributed by atoms with van der Waals surface area (Å²) in [6.07, 6.45) is 4.28. The molecule has 2 N–H and O–H groups in total. The predicted octanol–water partition coefficient (Wildman–Crippen LogP) is 2.46. The Hall–Kier alpha value is -1.26. The molecule has 2 amide bonds. The third kappa shape index (κ3) is 4.40. The predicted molar refractivity (Wildman–Crippen MR) is 74.1 cm³/mol. The van der Waals surface area contributed by atoms with E-state index in [9.17, 15) is 9.59 Å². The number of carboxylic acid groups (broad SMARTS) is 1. The molecule has 0 aromatic heterocycles. The van der Waals surface area contributed by atoms with E-state index in [0.717, 1.165) is 19.3 Å². The third-order valence-electron chi connectivity index (χ3n) is 4.03. The van der Waals surface area contributed by atoms with E-state index in [1.807, 2.05) is 6.92 Å². The standard InChI is InChI=1S/C14H26N2O3/c1-4-5-6-11(2)15-13(19)16-9-7-14(3,8-10-16)12(17)18/h11H,4-10H2,1-3H3,(H,15,19)(H,17,18). The molecule has 1 aliphatic heterocycles. The molecule has 5 nitrogen and oxygen atoms in total. The van der Waals surface area contributed by atoms with E-state index in [1.165, 1.54) is 0 Å². The molecule has 1 aliphatic rings. The minimum absolute atomic E-state index is 0.0592. The summed E-state index contributed by atoms with van der Waals surface area (Å²) in [5.74, 6) is -0.760. The Kier molecular flexibility index (Phi) is 5.63. The van der Waals surface area contributed by atoms with Gasteiger partial charge in [-0.3, -0.25) is 4.79 Å². The lowest BCUT2D eigenvalue weighted by atomic mass is 9.80. The quantitative estimate of drug-likeness (QED) is 0.806. The molecule has 1 heterocycles. The number of hydrogen-bond acceptors (Lipinski definition) is 2. The van der Waals surface area contributed by atoms with Crippen LogP contribution in [0.5, 0.6) is 0 Å². The first-order valence-electron chi connectivity index (χ1n) is 7.18. The van der Waals surface area contributed by atoms with Crippen molar-refractivity contribution in [3.05, 3.63) is 0 Å². The minimum Gasteiger partial charge on any atom is -0.481 e. The average Bonchev–Trinajstić information content (AvgIpc) is 2.36. The Morgan fingerprint density at radius 1 is 1.37 bits per heavy atom. The highest BCUT2D eigenvalue weighted by Gasteiger charge is 2.38. The van der Waals surface area contributed by atoms with E-state index < -0.39 is 11.4 Å². The zero-order valence-corrected chi connectivity index (χ0v) is 12.2. The number of aliphatic carboxylic acids is 1. The van der Waals surface area contributed by atoms with Crippen LogP contribution >= 0.6 is 0 Å². The number of amides is 2. The van der Waals surface area contributed by atoms with Gasteiger partial charge in [-0.2, -0.15) is 0 Å². The van der Waals surface area contributed by atoms with Crippen LogP contribution in [-0.4, -0.2) is 41.1 Å². The molecule has 0 aromatic rings. The second-order valence-electron chi connectivity index (χ2n) is 5.85. The monoisotopic (exact) mass is 270 g/mol. The van der Waals surface area contributed by atoms with Gasteiger partial charge in [0, 0.05) is 19.1 Å². The van der Waals surface area contributed by atoms with E-state index in [1.54, 1.807) is 11.8 Å². The highest BCUT2D eigenvalue weighted by Crippen LogP contribution is 2.30. The molecular formula is C14H26N2O3. The molecule has 1 rings (SSSR count). The Morgan fingerprint density at radius 2 is 1.95 bits per heavy atom. The average molecular weight is 270 g/mol. The van der Waals surface area contributed by atoms with Crippen LogP contribution in [0, 0.1) is 5.41 Å². The fourth-order valence-electron chi connectivity index (χ4n) is 2.30. The van der Waals surface area contributed by atoms with E-state index in [4.69, 9.17) is 5.11 Å². The van der Waals surface area contributed by atoms with Gasteiger partial charge in [0.25, 0.3) is 0 Å². The van der Waals surface area contributed by atoms with E-state index >= 15 is 0 Å². The Labute approximate surface area is 115 Å². The lowest BCUT2D eigenvalue weighted by Gasteiger charge is -2.36. The molecule has 0 aliphatic carbocycles. The number of carboxylic acids is 1. The van der Waals surface area contributed by atoms with Crippen molar-refractivity contribution < 1.29 is 14.7 Å². The molecule has 0 saturated carbocycles. The largest absolute Gasteiger partial charge is 0.481 e. The molecule has 1 atom stereocenters. The van der Waals surface area contributed by atoms with Crippen molar-refractivity contribution in [2.24, 2.45) is 5.41 Å². The van der Waals surface area contributed by atoms with Crippen LogP contribution in [-0.2, 0) is 4.79 Å². The third-order valence-corrected chi connectivity index (χ3v) is 4.03. The molecule has 19 heavy (non-hydrogen) atoms. The maximum Gasteiger partial charge on any atom is 0.317 e. The fourth-order valence-corrected chi connectivity index (χ4v) is 2.30. The Morgan fingerprint density at radius 3 is 2.42 bits per heavy atom. The minimum atomic E-state index is -0.760. The van der Waals surface area contributed by atoms with Crippen LogP contribution in [0.2, 0.25) is 0 Å². The number of carbonyl (C=O) groups is 2. The smallest absolute Gasteiger partial charge is 0.317 e. The summed E-state index contributed by atoms with van der Waals surface area (Å²) in [6.45, 7) is 6.95. The first-order chi connectivity index (χ1) is 8.89. The van der Waals surface area contributed by atoms with Gasteiger partial charge in [0.05, 0.1) is 5.41 Å². The van der Waals surface area contributed by atoms with E-state index in [2.05, 4.69) is 12.2 Å². The molecule has 110 valence electrons. The second-order valence-corrected chi connectivity index (χ2v) is 5.85. The molecule has 1 fully saturated rings. The number of likely N-dealkylation sites (tertiary alicyclic amines) is 1. The normalized spacial score (nSPS) is 19.8. The Balaban J connectivity index is 2.38. The van der Waals surface area contributed by atoms with Gasteiger partial charge in [-0.05, 0) is 33.1 Å². The van der Waals surface area contributed by atoms with Crippen LogP contribution < -0.4 is 5.32 Å². The number of urea groups is 1. The molecule has 0 bridgehead atoms.